The summed E-state index contributed by atoms with van der Waals surface area (Å²) in [5.41, 5.74) is 5.33. The molecule has 1 aliphatic heterocycles. The molecule has 0 aromatic heterocycles. The van der Waals surface area contributed by atoms with E-state index in [1.807, 2.05) is 0 Å². The molecule has 1 aliphatic rings. The molecule has 1 unspecified atom stereocenters. The molecule has 0 bridgehead atoms. The fraction of sp³-hybridized carbons (Fsp3) is 0.308. The molecule has 7 nitrogen and oxygen atoms in total. The van der Waals surface area contributed by atoms with Gasteiger partial charge in [0.15, 0.2) is 0 Å². The predicted molar refractivity (Wildman–Crippen MR) is 67.5 cm³/mol. The lowest BCUT2D eigenvalue weighted by molar-refractivity contribution is -0.148. The van der Waals surface area contributed by atoms with Gasteiger partial charge >= 0.3 is 5.97 Å². The number of nitrogens with two attached hydrogens (primary N) is 1. The number of rotatable bonds is 4. The average Bonchev–Trinajstić information content (AvgIpc) is 2.82. The second kappa shape index (κ2) is 5.60. The van der Waals surface area contributed by atoms with E-state index >= 15 is 0 Å². The van der Waals surface area contributed by atoms with Gasteiger partial charge in [-0.3, -0.25) is 14.5 Å². The van der Waals surface area contributed by atoms with Crippen molar-refractivity contribution in [1.29, 1.82) is 0 Å². The van der Waals surface area contributed by atoms with Crippen molar-refractivity contribution in [3.05, 3.63) is 29.8 Å². The van der Waals surface area contributed by atoms with Crippen LogP contribution < -0.4 is 5.73 Å². The molecular weight excluding hydrogens is 264 g/mol. The number of amides is 2. The zero-order valence-electron chi connectivity index (χ0n) is 10.6. The van der Waals surface area contributed by atoms with Gasteiger partial charge in [-0.25, -0.2) is 4.79 Å². The molecule has 1 fully saturated rings. The minimum Gasteiger partial charge on any atom is -0.508 e. The number of primary amides is 1. The topological polar surface area (TPSA) is 110 Å². The smallest absolute Gasteiger partial charge is 0.340 e. The standard InChI is InChI=1S/C13H14N2O5/c14-11(18)12(15-7-1-2-10(15)17)20-13(19)8-3-5-9(16)6-4-8/h3-6,12,16H,1-2,7H2,(H2,14,18). The Balaban J connectivity index is 2.12. The molecule has 1 saturated heterocycles. The Hall–Kier alpha value is -2.57. The first-order chi connectivity index (χ1) is 9.49. The van der Waals surface area contributed by atoms with Gasteiger partial charge < -0.3 is 15.6 Å². The molecule has 0 aliphatic carbocycles. The molecule has 106 valence electrons. The number of phenols is 1. The maximum atomic E-state index is 11.9. The molecule has 1 aromatic rings. The van der Waals surface area contributed by atoms with Gasteiger partial charge in [-0.15, -0.1) is 0 Å². The van der Waals surface area contributed by atoms with E-state index in [-0.39, 0.29) is 17.2 Å². The van der Waals surface area contributed by atoms with Gasteiger partial charge in [-0.1, -0.05) is 0 Å². The van der Waals surface area contributed by atoms with Crippen LogP contribution in [0.3, 0.4) is 0 Å². The van der Waals surface area contributed by atoms with Gasteiger partial charge in [0.1, 0.15) is 5.75 Å². The van der Waals surface area contributed by atoms with Gasteiger partial charge in [0.25, 0.3) is 12.1 Å². The third-order valence-corrected chi connectivity index (χ3v) is 2.96. The average molecular weight is 278 g/mol. The summed E-state index contributed by atoms with van der Waals surface area (Å²) in [6.45, 7) is 0.329. The van der Waals surface area contributed by atoms with Crippen LogP contribution >= 0.6 is 0 Å². The van der Waals surface area contributed by atoms with Crippen LogP contribution in [0.15, 0.2) is 24.3 Å². The Kier molecular flexibility index (Phi) is 3.88. The number of nitrogens with zero attached hydrogens (tertiary/aromatic N) is 1. The molecule has 2 amide bonds. The van der Waals surface area contributed by atoms with Crippen molar-refractivity contribution >= 4 is 17.8 Å². The lowest BCUT2D eigenvalue weighted by atomic mass is 10.2. The molecule has 1 atom stereocenters. The maximum Gasteiger partial charge on any atom is 0.340 e. The number of carbonyl (C=O) groups is 3. The molecule has 1 heterocycles. The van der Waals surface area contributed by atoms with Crippen LogP contribution in [-0.2, 0) is 14.3 Å². The summed E-state index contributed by atoms with van der Waals surface area (Å²) >= 11 is 0. The fourth-order valence-electron chi connectivity index (χ4n) is 1.96. The molecular formula is C13H14N2O5. The summed E-state index contributed by atoms with van der Waals surface area (Å²) in [6, 6.07) is 5.33. The van der Waals surface area contributed by atoms with Crippen molar-refractivity contribution in [2.24, 2.45) is 5.73 Å². The Morgan fingerprint density at radius 2 is 1.95 bits per heavy atom. The van der Waals surface area contributed by atoms with Crippen molar-refractivity contribution < 1.29 is 24.2 Å². The fourth-order valence-corrected chi connectivity index (χ4v) is 1.96. The first-order valence-corrected chi connectivity index (χ1v) is 6.08. The number of hydrogen-bond donors (Lipinski definition) is 2. The number of likely N-dealkylation sites (tertiary alicyclic amines) is 1. The van der Waals surface area contributed by atoms with E-state index in [4.69, 9.17) is 15.6 Å². The van der Waals surface area contributed by atoms with Crippen molar-refractivity contribution in [3.63, 3.8) is 0 Å². The van der Waals surface area contributed by atoms with E-state index in [1.54, 1.807) is 0 Å². The highest BCUT2D eigenvalue weighted by atomic mass is 16.6. The highest BCUT2D eigenvalue weighted by Gasteiger charge is 2.34. The zero-order chi connectivity index (χ0) is 14.7. The van der Waals surface area contributed by atoms with Crippen molar-refractivity contribution in [2.75, 3.05) is 6.54 Å². The van der Waals surface area contributed by atoms with Crippen molar-refractivity contribution in [3.8, 4) is 5.75 Å². The van der Waals surface area contributed by atoms with E-state index in [1.165, 1.54) is 24.3 Å². The lowest BCUT2D eigenvalue weighted by Gasteiger charge is -2.24. The number of aromatic hydroxyl groups is 1. The maximum absolute atomic E-state index is 11.9. The molecule has 1 aromatic carbocycles. The van der Waals surface area contributed by atoms with Gasteiger partial charge in [0.2, 0.25) is 5.91 Å². The highest BCUT2D eigenvalue weighted by Crippen LogP contribution is 2.17. The van der Waals surface area contributed by atoms with E-state index in [0.717, 1.165) is 4.90 Å². The zero-order valence-corrected chi connectivity index (χ0v) is 10.6. The SMILES string of the molecule is NC(=O)C(OC(=O)c1ccc(O)cc1)N1CCCC1=O. The largest absolute Gasteiger partial charge is 0.508 e. The van der Waals surface area contributed by atoms with Gasteiger partial charge in [-0.2, -0.15) is 0 Å². The number of benzene rings is 1. The van der Waals surface area contributed by atoms with Crippen LogP contribution in [0, 0.1) is 0 Å². The molecule has 0 saturated carbocycles. The third kappa shape index (κ3) is 2.87. The van der Waals surface area contributed by atoms with Crippen LogP contribution in [0.4, 0.5) is 0 Å². The van der Waals surface area contributed by atoms with Crippen LogP contribution in [0.2, 0.25) is 0 Å². The summed E-state index contributed by atoms with van der Waals surface area (Å²) in [4.78, 5) is 36.0. The summed E-state index contributed by atoms with van der Waals surface area (Å²) in [5.74, 6) is -1.95. The van der Waals surface area contributed by atoms with E-state index in [9.17, 15) is 14.4 Å². The molecule has 3 N–H and O–H groups in total. The lowest BCUT2D eigenvalue weighted by Crippen LogP contribution is -2.48. The summed E-state index contributed by atoms with van der Waals surface area (Å²) in [5, 5.41) is 9.14. The second-order valence-electron chi connectivity index (χ2n) is 4.40. The molecule has 0 spiro atoms. The highest BCUT2D eigenvalue weighted by molar-refractivity contribution is 5.93. The second-order valence-corrected chi connectivity index (χ2v) is 4.40. The van der Waals surface area contributed by atoms with E-state index < -0.39 is 18.1 Å². The minimum absolute atomic E-state index is 0.00252. The van der Waals surface area contributed by atoms with Crippen molar-refractivity contribution in [2.45, 2.75) is 19.1 Å². The van der Waals surface area contributed by atoms with E-state index in [0.29, 0.717) is 19.4 Å². The molecule has 0 radical (unpaired) electrons. The molecule has 2 rings (SSSR count). The summed E-state index contributed by atoms with van der Waals surface area (Å²) < 4.78 is 5.00. The number of carbonyl (C=O) groups excluding carboxylic acids is 3. The number of esters is 1. The summed E-state index contributed by atoms with van der Waals surface area (Å²) in [7, 11) is 0. The minimum atomic E-state index is -1.40. The molecule has 20 heavy (non-hydrogen) atoms. The Morgan fingerprint density at radius 1 is 1.30 bits per heavy atom. The third-order valence-electron chi connectivity index (χ3n) is 2.96. The van der Waals surface area contributed by atoms with Crippen LogP contribution in [0.1, 0.15) is 23.2 Å². The van der Waals surface area contributed by atoms with Crippen LogP contribution in [0.5, 0.6) is 5.75 Å². The summed E-state index contributed by atoms with van der Waals surface area (Å²) in [6.07, 6.45) is -0.494. The van der Waals surface area contributed by atoms with E-state index in [2.05, 4.69) is 0 Å². The van der Waals surface area contributed by atoms with Crippen LogP contribution in [-0.4, -0.2) is 40.6 Å². The Labute approximate surface area is 114 Å². The number of ether oxygens (including phenoxy) is 1. The molecule has 7 heteroatoms. The monoisotopic (exact) mass is 278 g/mol. The Morgan fingerprint density at radius 3 is 2.45 bits per heavy atom. The number of phenolic OH excluding ortho intramolecular Hbond substituents is 1. The normalized spacial score (nSPS) is 16.0. The quantitative estimate of drug-likeness (QED) is 0.752. The Bertz CT molecular complexity index is 540. The van der Waals surface area contributed by atoms with Crippen molar-refractivity contribution in [1.82, 2.24) is 4.90 Å². The first-order valence-electron chi connectivity index (χ1n) is 6.08. The van der Waals surface area contributed by atoms with Gasteiger partial charge in [0, 0.05) is 13.0 Å². The first kappa shape index (κ1) is 13.9. The van der Waals surface area contributed by atoms with Gasteiger partial charge in [-0.05, 0) is 30.7 Å². The predicted octanol–water partition coefficient (Wildman–Crippen LogP) is -0.0172. The van der Waals surface area contributed by atoms with Crippen LogP contribution in [0.25, 0.3) is 0 Å². The van der Waals surface area contributed by atoms with Gasteiger partial charge in [0.05, 0.1) is 5.56 Å². The number of hydrogen-bond acceptors (Lipinski definition) is 5.